The van der Waals surface area contributed by atoms with Crippen molar-refractivity contribution in [2.24, 2.45) is 4.99 Å². The third-order valence-electron chi connectivity index (χ3n) is 5.32. The predicted octanol–water partition coefficient (Wildman–Crippen LogP) is 3.43. The molecule has 0 spiro atoms. The van der Waals surface area contributed by atoms with E-state index in [2.05, 4.69) is 20.5 Å². The topological polar surface area (TPSA) is 39.7 Å². The van der Waals surface area contributed by atoms with Crippen molar-refractivity contribution in [1.29, 1.82) is 0 Å². The van der Waals surface area contributed by atoms with Gasteiger partial charge in [0.2, 0.25) is 0 Å². The van der Waals surface area contributed by atoms with Crippen LogP contribution in [0, 0.1) is 12.7 Å². The molecule has 1 heterocycles. The van der Waals surface area contributed by atoms with Gasteiger partial charge in [-0.1, -0.05) is 25.0 Å². The first-order chi connectivity index (χ1) is 11.7. The Labute approximate surface area is 167 Å². The molecule has 1 unspecified atom stereocenters. The average Bonchev–Trinajstić information content (AvgIpc) is 3.25. The Morgan fingerprint density at radius 2 is 2.04 bits per heavy atom. The lowest BCUT2D eigenvalue weighted by Gasteiger charge is -2.24. The lowest BCUT2D eigenvalue weighted by Crippen LogP contribution is -2.45. The maximum atomic E-state index is 13.6. The van der Waals surface area contributed by atoms with E-state index in [0.717, 1.165) is 30.5 Å². The fourth-order valence-corrected chi connectivity index (χ4v) is 3.83. The van der Waals surface area contributed by atoms with Gasteiger partial charge in [-0.05, 0) is 43.4 Å². The third kappa shape index (κ3) is 5.54. The second-order valence-electron chi connectivity index (χ2n) is 7.07. The number of aryl methyl sites for hydroxylation is 1. The van der Waals surface area contributed by atoms with Gasteiger partial charge in [0.05, 0.1) is 0 Å². The summed E-state index contributed by atoms with van der Waals surface area (Å²) in [5.41, 5.74) is 1.61. The molecule has 6 heteroatoms. The SMILES string of the molecule is CN=C(NCc1ccc(C)c(F)c1)NC1CCN(C2CCCC2)C1.I. The van der Waals surface area contributed by atoms with E-state index in [1.165, 1.54) is 32.2 Å². The summed E-state index contributed by atoms with van der Waals surface area (Å²) in [5, 5.41) is 6.82. The molecule has 140 valence electrons. The molecular weight excluding hydrogens is 430 g/mol. The van der Waals surface area contributed by atoms with Gasteiger partial charge >= 0.3 is 0 Å². The highest BCUT2D eigenvalue weighted by Crippen LogP contribution is 2.26. The van der Waals surface area contributed by atoms with Gasteiger partial charge in [-0.15, -0.1) is 24.0 Å². The highest BCUT2D eigenvalue weighted by atomic mass is 127. The Kier molecular flexibility index (Phi) is 7.93. The van der Waals surface area contributed by atoms with E-state index in [1.807, 2.05) is 12.1 Å². The molecule has 1 saturated carbocycles. The Balaban J connectivity index is 0.00000225. The standard InChI is InChI=1S/C19H29FN4.HI/c1-14-7-8-15(11-18(14)20)12-22-19(21-2)23-16-9-10-24(13-16)17-5-3-4-6-17;/h7-8,11,16-17H,3-6,9-10,12-13H2,1-2H3,(H2,21,22,23);1H. The van der Waals surface area contributed by atoms with Crippen molar-refractivity contribution in [2.75, 3.05) is 20.1 Å². The number of aliphatic imine (C=N–C) groups is 1. The van der Waals surface area contributed by atoms with Gasteiger partial charge in [-0.2, -0.15) is 0 Å². The zero-order valence-corrected chi connectivity index (χ0v) is 17.6. The quantitative estimate of drug-likeness (QED) is 0.411. The van der Waals surface area contributed by atoms with E-state index in [1.54, 1.807) is 20.0 Å². The molecule has 4 nitrogen and oxygen atoms in total. The van der Waals surface area contributed by atoms with Gasteiger partial charge in [0.25, 0.3) is 0 Å². The maximum Gasteiger partial charge on any atom is 0.191 e. The van der Waals surface area contributed by atoms with Crippen LogP contribution < -0.4 is 10.6 Å². The molecule has 1 saturated heterocycles. The summed E-state index contributed by atoms with van der Waals surface area (Å²) < 4.78 is 13.6. The largest absolute Gasteiger partial charge is 0.352 e. The van der Waals surface area contributed by atoms with Crippen LogP contribution in [-0.4, -0.2) is 43.1 Å². The van der Waals surface area contributed by atoms with E-state index in [-0.39, 0.29) is 29.8 Å². The first kappa shape index (κ1) is 20.4. The lowest BCUT2D eigenvalue weighted by atomic mass is 10.1. The molecule has 1 aromatic carbocycles. The number of rotatable bonds is 4. The molecule has 1 aliphatic carbocycles. The van der Waals surface area contributed by atoms with Crippen LogP contribution >= 0.6 is 24.0 Å². The summed E-state index contributed by atoms with van der Waals surface area (Å²) in [5.74, 6) is 0.648. The maximum absolute atomic E-state index is 13.6. The second-order valence-corrected chi connectivity index (χ2v) is 7.07. The smallest absolute Gasteiger partial charge is 0.191 e. The molecule has 25 heavy (non-hydrogen) atoms. The molecule has 2 fully saturated rings. The number of hydrogen-bond acceptors (Lipinski definition) is 2. The van der Waals surface area contributed by atoms with E-state index in [0.29, 0.717) is 18.2 Å². The lowest BCUT2D eigenvalue weighted by molar-refractivity contribution is 0.242. The van der Waals surface area contributed by atoms with Crippen LogP contribution in [0.15, 0.2) is 23.2 Å². The summed E-state index contributed by atoms with van der Waals surface area (Å²) in [6.07, 6.45) is 6.65. The van der Waals surface area contributed by atoms with Gasteiger partial charge in [0.15, 0.2) is 5.96 Å². The van der Waals surface area contributed by atoms with Crippen molar-refractivity contribution in [1.82, 2.24) is 15.5 Å². The normalized spacial score (nSPS) is 22.0. The molecule has 0 amide bonds. The van der Waals surface area contributed by atoms with Crippen LogP contribution in [0.5, 0.6) is 0 Å². The Morgan fingerprint density at radius 3 is 2.72 bits per heavy atom. The zero-order valence-electron chi connectivity index (χ0n) is 15.2. The second kappa shape index (κ2) is 9.71. The summed E-state index contributed by atoms with van der Waals surface area (Å²) in [7, 11) is 1.79. The van der Waals surface area contributed by atoms with E-state index in [9.17, 15) is 4.39 Å². The van der Waals surface area contributed by atoms with Crippen molar-refractivity contribution in [3.63, 3.8) is 0 Å². The number of nitrogens with zero attached hydrogens (tertiary/aromatic N) is 2. The van der Waals surface area contributed by atoms with Crippen LogP contribution in [0.2, 0.25) is 0 Å². The molecule has 3 rings (SSSR count). The Bertz CT molecular complexity index is 587. The van der Waals surface area contributed by atoms with Crippen LogP contribution in [0.25, 0.3) is 0 Å². The number of benzene rings is 1. The van der Waals surface area contributed by atoms with Crippen molar-refractivity contribution < 1.29 is 4.39 Å². The van der Waals surface area contributed by atoms with Crippen LogP contribution in [0.3, 0.4) is 0 Å². The number of guanidine groups is 1. The minimum absolute atomic E-state index is 0. The van der Waals surface area contributed by atoms with Gasteiger partial charge < -0.3 is 10.6 Å². The molecule has 1 atom stereocenters. The molecule has 2 N–H and O–H groups in total. The number of likely N-dealkylation sites (tertiary alicyclic amines) is 1. The summed E-state index contributed by atoms with van der Waals surface area (Å²) >= 11 is 0. The van der Waals surface area contributed by atoms with Gasteiger partial charge in [-0.25, -0.2) is 4.39 Å². The van der Waals surface area contributed by atoms with E-state index < -0.39 is 0 Å². The van der Waals surface area contributed by atoms with Crippen molar-refractivity contribution in [3.05, 3.63) is 35.1 Å². The Morgan fingerprint density at radius 1 is 1.28 bits per heavy atom. The molecule has 0 radical (unpaired) electrons. The van der Waals surface area contributed by atoms with Gasteiger partial charge in [0, 0.05) is 38.8 Å². The van der Waals surface area contributed by atoms with E-state index >= 15 is 0 Å². The van der Waals surface area contributed by atoms with Crippen molar-refractivity contribution in [3.8, 4) is 0 Å². The molecule has 2 aliphatic rings. The highest BCUT2D eigenvalue weighted by molar-refractivity contribution is 14.0. The average molecular weight is 460 g/mol. The highest BCUT2D eigenvalue weighted by Gasteiger charge is 2.30. The van der Waals surface area contributed by atoms with Gasteiger partial charge in [-0.3, -0.25) is 9.89 Å². The summed E-state index contributed by atoms with van der Waals surface area (Å²) in [6, 6.07) is 6.61. The third-order valence-corrected chi connectivity index (χ3v) is 5.32. The first-order valence-corrected chi connectivity index (χ1v) is 9.12. The minimum Gasteiger partial charge on any atom is -0.352 e. The van der Waals surface area contributed by atoms with Crippen LogP contribution in [0.1, 0.15) is 43.2 Å². The molecule has 1 aromatic rings. The summed E-state index contributed by atoms with van der Waals surface area (Å²) in [6.45, 7) is 4.65. The van der Waals surface area contributed by atoms with Crippen LogP contribution in [0.4, 0.5) is 4.39 Å². The fourth-order valence-electron chi connectivity index (χ4n) is 3.83. The first-order valence-electron chi connectivity index (χ1n) is 9.12. The minimum atomic E-state index is -0.153. The number of hydrogen-bond donors (Lipinski definition) is 2. The molecular formula is C19H30FIN4. The van der Waals surface area contributed by atoms with Gasteiger partial charge in [0.1, 0.15) is 5.82 Å². The number of halogens is 2. The van der Waals surface area contributed by atoms with Crippen LogP contribution in [-0.2, 0) is 6.54 Å². The predicted molar refractivity (Wildman–Crippen MR) is 112 cm³/mol. The van der Waals surface area contributed by atoms with Crippen molar-refractivity contribution in [2.45, 2.75) is 57.7 Å². The van der Waals surface area contributed by atoms with Crippen molar-refractivity contribution >= 4 is 29.9 Å². The molecule has 1 aliphatic heterocycles. The number of nitrogens with one attached hydrogen (secondary N) is 2. The Hall–Kier alpha value is -0.890. The molecule has 0 aromatic heterocycles. The summed E-state index contributed by atoms with van der Waals surface area (Å²) in [4.78, 5) is 6.94. The fraction of sp³-hybridized carbons (Fsp3) is 0.632. The van der Waals surface area contributed by atoms with E-state index in [4.69, 9.17) is 0 Å². The monoisotopic (exact) mass is 460 g/mol. The molecule has 0 bridgehead atoms. The zero-order chi connectivity index (χ0) is 16.9.